The number of hydrogen-bond acceptors (Lipinski definition) is 4. The number of methoxy groups -OCH3 is 1. The molecule has 1 amide bonds. The molecule has 0 aliphatic heterocycles. The highest BCUT2D eigenvalue weighted by molar-refractivity contribution is 6.08. The number of anilines is 1. The van der Waals surface area contributed by atoms with Crippen LogP contribution in [0.3, 0.4) is 0 Å². The summed E-state index contributed by atoms with van der Waals surface area (Å²) in [5.74, 6) is -0.838. The highest BCUT2D eigenvalue weighted by atomic mass is 16.5. The summed E-state index contributed by atoms with van der Waals surface area (Å²) >= 11 is 0. The molecule has 0 radical (unpaired) electrons. The lowest BCUT2D eigenvalue weighted by atomic mass is 10.1. The van der Waals surface area contributed by atoms with Gasteiger partial charge in [0.2, 0.25) is 0 Å². The number of carbonyl (C=O) groups is 2. The van der Waals surface area contributed by atoms with Crippen LogP contribution in [-0.4, -0.2) is 28.4 Å². The number of aromatic nitrogens is 2. The third-order valence-electron chi connectivity index (χ3n) is 4.37. The number of nitrogens with zero attached hydrogens (tertiary/aromatic N) is 2. The summed E-state index contributed by atoms with van der Waals surface area (Å²) < 4.78 is 6.63. The van der Waals surface area contributed by atoms with E-state index in [1.807, 2.05) is 40.9 Å². The van der Waals surface area contributed by atoms with Crippen LogP contribution in [-0.2, 0) is 4.74 Å². The SMILES string of the molecule is COC(=O)c1ccccc1NC(=O)c1ccn2cc(-c3ccccc3)nc2c1. The van der Waals surface area contributed by atoms with Crippen LogP contribution in [0.15, 0.2) is 79.1 Å². The topological polar surface area (TPSA) is 72.7 Å². The predicted molar refractivity (Wildman–Crippen MR) is 106 cm³/mol. The van der Waals surface area contributed by atoms with Crippen molar-refractivity contribution >= 4 is 23.2 Å². The maximum absolute atomic E-state index is 12.7. The quantitative estimate of drug-likeness (QED) is 0.550. The van der Waals surface area contributed by atoms with Crippen LogP contribution in [0.1, 0.15) is 20.7 Å². The number of fused-ring (bicyclic) bond motifs is 1. The summed E-state index contributed by atoms with van der Waals surface area (Å²) in [7, 11) is 1.30. The fourth-order valence-electron chi connectivity index (χ4n) is 2.95. The second-order valence-corrected chi connectivity index (χ2v) is 6.16. The Balaban J connectivity index is 1.63. The third-order valence-corrected chi connectivity index (χ3v) is 4.37. The summed E-state index contributed by atoms with van der Waals surface area (Å²) in [6, 6.07) is 20.0. The molecule has 6 nitrogen and oxygen atoms in total. The van der Waals surface area contributed by atoms with E-state index in [0.717, 1.165) is 11.3 Å². The average molecular weight is 371 g/mol. The minimum Gasteiger partial charge on any atom is -0.465 e. The second kappa shape index (κ2) is 7.36. The number of carbonyl (C=O) groups excluding carboxylic acids is 2. The number of hydrogen-bond donors (Lipinski definition) is 1. The molecule has 0 bridgehead atoms. The van der Waals surface area contributed by atoms with Gasteiger partial charge in [-0.05, 0) is 24.3 Å². The number of imidazole rings is 1. The Morgan fingerprint density at radius 2 is 1.75 bits per heavy atom. The van der Waals surface area contributed by atoms with E-state index < -0.39 is 5.97 Å². The van der Waals surface area contributed by atoms with Gasteiger partial charge in [0.25, 0.3) is 5.91 Å². The molecule has 2 aromatic carbocycles. The van der Waals surface area contributed by atoms with E-state index in [-0.39, 0.29) is 5.91 Å². The second-order valence-electron chi connectivity index (χ2n) is 6.16. The molecule has 0 aliphatic carbocycles. The Kier molecular flexibility index (Phi) is 4.60. The number of amides is 1. The number of benzene rings is 2. The van der Waals surface area contributed by atoms with E-state index in [2.05, 4.69) is 10.3 Å². The van der Waals surface area contributed by atoms with Crippen LogP contribution in [0.2, 0.25) is 0 Å². The maximum atomic E-state index is 12.7. The van der Waals surface area contributed by atoms with Gasteiger partial charge in [-0.15, -0.1) is 0 Å². The molecule has 0 unspecified atom stereocenters. The molecule has 2 heterocycles. The number of rotatable bonds is 4. The van der Waals surface area contributed by atoms with E-state index >= 15 is 0 Å². The minimum absolute atomic E-state index is 0.298. The van der Waals surface area contributed by atoms with E-state index in [4.69, 9.17) is 4.74 Å². The first-order valence-electron chi connectivity index (χ1n) is 8.68. The molecule has 0 fully saturated rings. The zero-order valence-electron chi connectivity index (χ0n) is 15.1. The molecule has 4 rings (SSSR count). The Labute approximate surface area is 161 Å². The molecule has 4 aromatic rings. The standard InChI is InChI=1S/C22H17N3O3/c1-28-22(27)17-9-5-6-10-18(17)24-21(26)16-11-12-25-14-19(23-20(25)13-16)15-7-3-2-4-8-15/h2-14H,1H3,(H,24,26). The van der Waals surface area contributed by atoms with Crippen LogP contribution < -0.4 is 5.32 Å². The first kappa shape index (κ1) is 17.5. The average Bonchev–Trinajstić information content (AvgIpc) is 3.17. The van der Waals surface area contributed by atoms with Crippen molar-refractivity contribution < 1.29 is 14.3 Å². The lowest BCUT2D eigenvalue weighted by Crippen LogP contribution is -2.15. The highest BCUT2D eigenvalue weighted by Crippen LogP contribution is 2.21. The number of esters is 1. The van der Waals surface area contributed by atoms with Gasteiger partial charge in [0.05, 0.1) is 24.1 Å². The fraction of sp³-hybridized carbons (Fsp3) is 0.0455. The first-order valence-corrected chi connectivity index (χ1v) is 8.68. The molecule has 2 aromatic heterocycles. The zero-order valence-corrected chi connectivity index (χ0v) is 15.1. The van der Waals surface area contributed by atoms with Crippen molar-refractivity contribution in [3.63, 3.8) is 0 Å². The molecule has 0 saturated carbocycles. The van der Waals surface area contributed by atoms with Crippen molar-refractivity contribution in [2.45, 2.75) is 0 Å². The van der Waals surface area contributed by atoms with Gasteiger partial charge < -0.3 is 14.5 Å². The van der Waals surface area contributed by atoms with Crippen molar-refractivity contribution in [2.75, 3.05) is 12.4 Å². The Morgan fingerprint density at radius 3 is 2.54 bits per heavy atom. The first-order chi connectivity index (χ1) is 13.7. The highest BCUT2D eigenvalue weighted by Gasteiger charge is 2.15. The zero-order chi connectivity index (χ0) is 19.5. The van der Waals surface area contributed by atoms with Gasteiger partial charge in [-0.2, -0.15) is 0 Å². The summed E-state index contributed by atoms with van der Waals surface area (Å²) in [6.07, 6.45) is 3.70. The third kappa shape index (κ3) is 3.35. The van der Waals surface area contributed by atoms with Crippen LogP contribution in [0.4, 0.5) is 5.69 Å². The predicted octanol–water partition coefficient (Wildman–Crippen LogP) is 4.04. The van der Waals surface area contributed by atoms with Crippen LogP contribution in [0, 0.1) is 0 Å². The van der Waals surface area contributed by atoms with Gasteiger partial charge in [0.1, 0.15) is 5.65 Å². The van der Waals surface area contributed by atoms with E-state index in [0.29, 0.717) is 22.5 Å². The monoisotopic (exact) mass is 371 g/mol. The van der Waals surface area contributed by atoms with Gasteiger partial charge in [-0.25, -0.2) is 9.78 Å². The van der Waals surface area contributed by atoms with Gasteiger partial charge in [0.15, 0.2) is 0 Å². The van der Waals surface area contributed by atoms with E-state index in [1.165, 1.54) is 7.11 Å². The Hall–Kier alpha value is -3.93. The van der Waals surface area contributed by atoms with Crippen molar-refractivity contribution in [3.8, 4) is 11.3 Å². The van der Waals surface area contributed by atoms with Crippen molar-refractivity contribution in [2.24, 2.45) is 0 Å². The van der Waals surface area contributed by atoms with Crippen LogP contribution in [0.25, 0.3) is 16.9 Å². The molecule has 6 heteroatoms. The lowest BCUT2D eigenvalue weighted by Gasteiger charge is -2.09. The fourth-order valence-corrected chi connectivity index (χ4v) is 2.95. The molecule has 0 spiro atoms. The van der Waals surface area contributed by atoms with E-state index in [9.17, 15) is 9.59 Å². The summed E-state index contributed by atoms with van der Waals surface area (Å²) in [4.78, 5) is 29.2. The lowest BCUT2D eigenvalue weighted by molar-refractivity contribution is 0.0602. The van der Waals surface area contributed by atoms with Gasteiger partial charge >= 0.3 is 5.97 Å². The summed E-state index contributed by atoms with van der Waals surface area (Å²) in [6.45, 7) is 0. The van der Waals surface area contributed by atoms with Crippen LogP contribution >= 0.6 is 0 Å². The van der Waals surface area contributed by atoms with E-state index in [1.54, 1.807) is 42.6 Å². The largest absolute Gasteiger partial charge is 0.465 e. The number of nitrogens with one attached hydrogen (secondary N) is 1. The Morgan fingerprint density at radius 1 is 1.00 bits per heavy atom. The molecule has 0 saturated heterocycles. The van der Waals surface area contributed by atoms with Gasteiger partial charge in [-0.3, -0.25) is 4.79 Å². The van der Waals surface area contributed by atoms with Crippen molar-refractivity contribution in [1.29, 1.82) is 0 Å². The minimum atomic E-state index is -0.507. The van der Waals surface area contributed by atoms with Gasteiger partial charge in [-0.1, -0.05) is 42.5 Å². The molecule has 138 valence electrons. The number of pyridine rings is 1. The van der Waals surface area contributed by atoms with Crippen LogP contribution in [0.5, 0.6) is 0 Å². The summed E-state index contributed by atoms with van der Waals surface area (Å²) in [5.41, 5.74) is 3.63. The molecule has 1 N–H and O–H groups in total. The number of ether oxygens (including phenoxy) is 1. The number of para-hydroxylation sites is 1. The molecule has 0 aliphatic rings. The Bertz CT molecular complexity index is 1170. The molecule has 28 heavy (non-hydrogen) atoms. The van der Waals surface area contributed by atoms with Gasteiger partial charge in [0, 0.05) is 23.5 Å². The summed E-state index contributed by atoms with van der Waals surface area (Å²) in [5, 5.41) is 2.77. The smallest absolute Gasteiger partial charge is 0.339 e. The maximum Gasteiger partial charge on any atom is 0.339 e. The molecule has 0 atom stereocenters. The normalized spacial score (nSPS) is 10.6. The van der Waals surface area contributed by atoms with Crippen molar-refractivity contribution in [3.05, 3.63) is 90.3 Å². The van der Waals surface area contributed by atoms with Crippen molar-refractivity contribution in [1.82, 2.24) is 9.38 Å². The molecular weight excluding hydrogens is 354 g/mol. The molecular formula is C22H17N3O3.